The van der Waals surface area contributed by atoms with Crippen molar-refractivity contribution in [2.24, 2.45) is 11.7 Å². The molecule has 1 rings (SSSR count). The lowest BCUT2D eigenvalue weighted by Gasteiger charge is -2.39. The highest BCUT2D eigenvalue weighted by Gasteiger charge is 2.42. The summed E-state index contributed by atoms with van der Waals surface area (Å²) in [5.74, 6) is -2.81. The summed E-state index contributed by atoms with van der Waals surface area (Å²) in [5, 5.41) is 39.9. The Bertz CT molecular complexity index is 426. The molecule has 120 valence electrons. The summed E-state index contributed by atoms with van der Waals surface area (Å²) in [4.78, 5) is 22.3. The van der Waals surface area contributed by atoms with Crippen LogP contribution in [0.1, 0.15) is 6.92 Å². The SMILES string of the molecule is CC(=O)N[C@H]1[C@H]([C@H](O)[C@H](O)CO)OC(C(=O)O)=C[C@@H]1CN. The van der Waals surface area contributed by atoms with Crippen molar-refractivity contribution in [2.75, 3.05) is 13.2 Å². The molecule has 9 nitrogen and oxygen atoms in total. The molecule has 0 bridgehead atoms. The Balaban J connectivity index is 3.12. The van der Waals surface area contributed by atoms with Crippen molar-refractivity contribution in [3.8, 4) is 0 Å². The number of carboxylic acids is 1. The molecular weight excluding hydrogens is 284 g/mol. The molecule has 1 heterocycles. The summed E-state index contributed by atoms with van der Waals surface area (Å²) in [5.41, 5.74) is 5.56. The molecule has 0 aliphatic carbocycles. The summed E-state index contributed by atoms with van der Waals surface area (Å²) in [6.07, 6.45) is -3.14. The maximum atomic E-state index is 11.3. The first-order valence-corrected chi connectivity index (χ1v) is 6.37. The van der Waals surface area contributed by atoms with Crippen LogP contribution in [0.25, 0.3) is 0 Å². The molecule has 0 fully saturated rings. The molecule has 1 amide bonds. The van der Waals surface area contributed by atoms with Gasteiger partial charge in [0.15, 0.2) is 0 Å². The molecule has 0 radical (unpaired) electrons. The first-order valence-electron chi connectivity index (χ1n) is 6.37. The number of carboxylic acid groups (broad SMARTS) is 1. The zero-order valence-corrected chi connectivity index (χ0v) is 11.5. The van der Waals surface area contributed by atoms with Gasteiger partial charge >= 0.3 is 5.97 Å². The van der Waals surface area contributed by atoms with Crippen LogP contribution in [0.2, 0.25) is 0 Å². The first-order chi connectivity index (χ1) is 9.81. The van der Waals surface area contributed by atoms with Crippen LogP contribution >= 0.6 is 0 Å². The molecule has 0 aromatic heterocycles. The van der Waals surface area contributed by atoms with Gasteiger partial charge in [0.2, 0.25) is 11.7 Å². The minimum absolute atomic E-state index is 0.00350. The van der Waals surface area contributed by atoms with E-state index in [9.17, 15) is 19.8 Å². The third-order valence-electron chi connectivity index (χ3n) is 3.21. The Hall–Kier alpha value is -1.68. The van der Waals surface area contributed by atoms with Crippen LogP contribution in [-0.4, -0.2) is 69.8 Å². The lowest BCUT2D eigenvalue weighted by Crippen LogP contribution is -2.59. The molecule has 9 heteroatoms. The summed E-state index contributed by atoms with van der Waals surface area (Å²) in [7, 11) is 0. The number of carbonyl (C=O) groups is 2. The van der Waals surface area contributed by atoms with Crippen molar-refractivity contribution in [1.82, 2.24) is 5.32 Å². The predicted octanol–water partition coefficient (Wildman–Crippen LogP) is -2.85. The minimum Gasteiger partial charge on any atom is -0.478 e. The Morgan fingerprint density at radius 2 is 2.10 bits per heavy atom. The zero-order chi connectivity index (χ0) is 16.2. The normalized spacial score (nSPS) is 28.0. The third kappa shape index (κ3) is 4.14. The molecule has 1 aliphatic rings. The molecular formula is C12H20N2O7. The van der Waals surface area contributed by atoms with Crippen molar-refractivity contribution in [3.63, 3.8) is 0 Å². The monoisotopic (exact) mass is 304 g/mol. The average Bonchev–Trinajstić information content (AvgIpc) is 2.44. The standard InChI is InChI=1S/C12H20N2O7/c1-5(16)14-9-6(3-13)2-8(12(19)20)21-11(9)10(18)7(17)4-15/h2,6-7,9-11,15,17-18H,3-4,13H2,1H3,(H,14,16)(H,19,20)/t6-,7-,9-,10-,11-/m1/s1. The number of rotatable bonds is 6. The quantitative estimate of drug-likeness (QED) is 0.305. The van der Waals surface area contributed by atoms with E-state index < -0.39 is 54.5 Å². The topological polar surface area (TPSA) is 162 Å². The van der Waals surface area contributed by atoms with E-state index in [0.29, 0.717) is 0 Å². The predicted molar refractivity (Wildman–Crippen MR) is 69.8 cm³/mol. The Morgan fingerprint density at radius 3 is 2.52 bits per heavy atom. The molecule has 5 atom stereocenters. The number of nitrogens with one attached hydrogen (secondary N) is 1. The van der Waals surface area contributed by atoms with Crippen molar-refractivity contribution in [2.45, 2.75) is 31.3 Å². The van der Waals surface area contributed by atoms with Crippen molar-refractivity contribution in [1.29, 1.82) is 0 Å². The Labute approximate surface area is 121 Å². The van der Waals surface area contributed by atoms with Crippen LogP contribution in [-0.2, 0) is 14.3 Å². The van der Waals surface area contributed by atoms with Crippen LogP contribution in [0.3, 0.4) is 0 Å². The highest BCUT2D eigenvalue weighted by Crippen LogP contribution is 2.26. The largest absolute Gasteiger partial charge is 0.478 e. The van der Waals surface area contributed by atoms with Gasteiger partial charge in [0.05, 0.1) is 12.6 Å². The van der Waals surface area contributed by atoms with E-state index in [1.54, 1.807) is 0 Å². The summed E-state index contributed by atoms with van der Waals surface area (Å²) in [6, 6.07) is -0.827. The number of hydrogen-bond donors (Lipinski definition) is 6. The van der Waals surface area contributed by atoms with Crippen LogP contribution in [0.15, 0.2) is 11.8 Å². The fraction of sp³-hybridized carbons (Fsp3) is 0.667. The lowest BCUT2D eigenvalue weighted by atomic mass is 9.87. The van der Waals surface area contributed by atoms with E-state index >= 15 is 0 Å². The average molecular weight is 304 g/mol. The van der Waals surface area contributed by atoms with E-state index in [1.807, 2.05) is 0 Å². The number of hydrogen-bond acceptors (Lipinski definition) is 7. The molecule has 0 unspecified atom stereocenters. The molecule has 0 saturated heterocycles. The molecule has 7 N–H and O–H groups in total. The van der Waals surface area contributed by atoms with Crippen LogP contribution in [0, 0.1) is 5.92 Å². The molecule has 0 spiro atoms. The summed E-state index contributed by atoms with van der Waals surface area (Å²) >= 11 is 0. The van der Waals surface area contributed by atoms with Gasteiger partial charge in [-0.25, -0.2) is 4.79 Å². The number of aliphatic carboxylic acids is 1. The molecule has 0 aromatic carbocycles. The maximum Gasteiger partial charge on any atom is 0.370 e. The van der Waals surface area contributed by atoms with Gasteiger partial charge in [-0.1, -0.05) is 0 Å². The second-order valence-corrected chi connectivity index (χ2v) is 4.78. The van der Waals surface area contributed by atoms with Gasteiger partial charge in [0.25, 0.3) is 0 Å². The van der Waals surface area contributed by atoms with Gasteiger partial charge in [-0.05, 0) is 6.08 Å². The van der Waals surface area contributed by atoms with E-state index in [0.717, 1.165) is 0 Å². The van der Waals surface area contributed by atoms with Gasteiger partial charge in [0.1, 0.15) is 18.3 Å². The fourth-order valence-corrected chi connectivity index (χ4v) is 2.17. The van der Waals surface area contributed by atoms with Gasteiger partial charge in [-0.15, -0.1) is 0 Å². The highest BCUT2D eigenvalue weighted by molar-refractivity contribution is 5.84. The first kappa shape index (κ1) is 17.4. The van der Waals surface area contributed by atoms with Crippen LogP contribution in [0.4, 0.5) is 0 Å². The number of aliphatic hydroxyl groups is 3. The molecule has 0 aromatic rings. The Morgan fingerprint density at radius 1 is 1.48 bits per heavy atom. The van der Waals surface area contributed by atoms with Crippen LogP contribution < -0.4 is 11.1 Å². The number of amides is 1. The fourth-order valence-electron chi connectivity index (χ4n) is 2.17. The third-order valence-corrected chi connectivity index (χ3v) is 3.21. The number of ether oxygens (including phenoxy) is 1. The van der Waals surface area contributed by atoms with Crippen molar-refractivity contribution >= 4 is 11.9 Å². The van der Waals surface area contributed by atoms with Crippen LogP contribution in [0.5, 0.6) is 0 Å². The summed E-state index contributed by atoms with van der Waals surface area (Å²) < 4.78 is 5.15. The number of nitrogens with two attached hydrogens (primary N) is 1. The highest BCUT2D eigenvalue weighted by atomic mass is 16.5. The lowest BCUT2D eigenvalue weighted by molar-refractivity contribution is -0.147. The number of carbonyl (C=O) groups excluding carboxylic acids is 1. The second-order valence-electron chi connectivity index (χ2n) is 4.78. The molecule has 1 aliphatic heterocycles. The zero-order valence-electron chi connectivity index (χ0n) is 11.5. The summed E-state index contributed by atoms with van der Waals surface area (Å²) in [6.45, 7) is 0.507. The van der Waals surface area contributed by atoms with Crippen molar-refractivity contribution < 1.29 is 34.8 Å². The maximum absolute atomic E-state index is 11.3. The van der Waals surface area contributed by atoms with E-state index in [2.05, 4.69) is 5.32 Å². The van der Waals surface area contributed by atoms with E-state index in [4.69, 9.17) is 20.7 Å². The molecule has 21 heavy (non-hydrogen) atoms. The van der Waals surface area contributed by atoms with E-state index in [-0.39, 0.29) is 6.54 Å². The van der Waals surface area contributed by atoms with E-state index in [1.165, 1.54) is 13.0 Å². The van der Waals surface area contributed by atoms with Gasteiger partial charge < -0.3 is 36.2 Å². The van der Waals surface area contributed by atoms with Gasteiger partial charge in [-0.3, -0.25) is 4.79 Å². The minimum atomic E-state index is -1.59. The van der Waals surface area contributed by atoms with Crippen molar-refractivity contribution in [3.05, 3.63) is 11.8 Å². The smallest absolute Gasteiger partial charge is 0.370 e. The Kier molecular flexibility index (Phi) is 6.09. The van der Waals surface area contributed by atoms with Gasteiger partial charge in [-0.2, -0.15) is 0 Å². The second kappa shape index (κ2) is 7.36. The molecule has 0 saturated carbocycles. The van der Waals surface area contributed by atoms with Gasteiger partial charge in [0, 0.05) is 19.4 Å². The number of aliphatic hydroxyl groups excluding tert-OH is 3.